The number of nitrogens with two attached hydrogens (primary N) is 1. The Hall–Kier alpha value is -0.430. The summed E-state index contributed by atoms with van der Waals surface area (Å²) >= 11 is 1.21. The largest absolute Gasteiger partial charge is 0.326 e. The Balaban J connectivity index is 2.74. The average Bonchev–Trinajstić information content (AvgIpc) is 2.63. The first-order valence-corrected chi connectivity index (χ1v) is 8.01. The van der Waals surface area contributed by atoms with Crippen LogP contribution in [0.2, 0.25) is 0 Å². The molecule has 0 saturated heterocycles. The molecule has 3 N–H and O–H groups in total. The van der Waals surface area contributed by atoms with Crippen molar-refractivity contribution in [1.29, 1.82) is 0 Å². The first-order chi connectivity index (χ1) is 7.85. The highest BCUT2D eigenvalue weighted by Crippen LogP contribution is 2.20. The van der Waals surface area contributed by atoms with Gasteiger partial charge in [0, 0.05) is 12.6 Å². The number of rotatable bonds is 6. The molecule has 1 aromatic heterocycles. The molecule has 0 bridgehead atoms. The van der Waals surface area contributed by atoms with Gasteiger partial charge in [-0.25, -0.2) is 13.1 Å². The quantitative estimate of drug-likeness (QED) is 0.834. The van der Waals surface area contributed by atoms with Crippen LogP contribution in [0, 0.1) is 5.92 Å². The molecule has 17 heavy (non-hydrogen) atoms. The molecule has 1 aromatic rings. The third-order valence-corrected chi connectivity index (χ3v) is 5.39. The standard InChI is InChI=1S/C11H20N2O2S2/c1-8(2)4-9(3)13-17(14,15)11-5-10(6-12)7-16-11/h5,7-9,13H,4,6,12H2,1-3H3. The first-order valence-electron chi connectivity index (χ1n) is 5.65. The fourth-order valence-electron chi connectivity index (χ4n) is 1.68. The molecule has 1 atom stereocenters. The summed E-state index contributed by atoms with van der Waals surface area (Å²) in [4.78, 5) is 0. The van der Waals surface area contributed by atoms with E-state index in [1.54, 1.807) is 11.4 Å². The van der Waals surface area contributed by atoms with Crippen LogP contribution in [-0.2, 0) is 16.6 Å². The lowest BCUT2D eigenvalue weighted by Crippen LogP contribution is -2.33. The van der Waals surface area contributed by atoms with Gasteiger partial charge in [-0.05, 0) is 36.3 Å². The zero-order valence-electron chi connectivity index (χ0n) is 10.4. The van der Waals surface area contributed by atoms with Gasteiger partial charge < -0.3 is 5.73 Å². The van der Waals surface area contributed by atoms with Crippen LogP contribution < -0.4 is 10.5 Å². The first kappa shape index (κ1) is 14.6. The second-order valence-electron chi connectivity index (χ2n) is 4.63. The molecule has 0 saturated carbocycles. The van der Waals surface area contributed by atoms with Crippen molar-refractivity contribution in [3.05, 3.63) is 17.0 Å². The minimum atomic E-state index is -3.38. The molecule has 4 nitrogen and oxygen atoms in total. The van der Waals surface area contributed by atoms with E-state index in [1.807, 2.05) is 6.92 Å². The van der Waals surface area contributed by atoms with Gasteiger partial charge in [0.25, 0.3) is 0 Å². The fraction of sp³-hybridized carbons (Fsp3) is 0.636. The van der Waals surface area contributed by atoms with Gasteiger partial charge in [0.15, 0.2) is 0 Å². The molecular formula is C11H20N2O2S2. The second kappa shape index (κ2) is 5.95. The summed E-state index contributed by atoms with van der Waals surface area (Å²) in [6, 6.07) is 1.58. The maximum Gasteiger partial charge on any atom is 0.250 e. The van der Waals surface area contributed by atoms with E-state index in [0.29, 0.717) is 16.7 Å². The van der Waals surface area contributed by atoms with Crippen LogP contribution in [-0.4, -0.2) is 14.5 Å². The molecule has 0 amide bonds. The summed E-state index contributed by atoms with van der Waals surface area (Å²) in [7, 11) is -3.38. The summed E-state index contributed by atoms with van der Waals surface area (Å²) in [6.07, 6.45) is 0.828. The molecule has 0 aliphatic carbocycles. The van der Waals surface area contributed by atoms with E-state index >= 15 is 0 Å². The topological polar surface area (TPSA) is 72.2 Å². The third kappa shape index (κ3) is 4.39. The molecule has 1 unspecified atom stereocenters. The van der Waals surface area contributed by atoms with Gasteiger partial charge in [-0.3, -0.25) is 0 Å². The van der Waals surface area contributed by atoms with Crippen LogP contribution in [0.3, 0.4) is 0 Å². The molecule has 98 valence electrons. The van der Waals surface area contributed by atoms with Crippen molar-refractivity contribution in [2.45, 2.75) is 44.0 Å². The number of thiophene rings is 1. The molecule has 0 aliphatic heterocycles. The van der Waals surface area contributed by atoms with Crippen LogP contribution in [0.25, 0.3) is 0 Å². The predicted molar refractivity (Wildman–Crippen MR) is 71.4 cm³/mol. The molecule has 0 aliphatic rings. The van der Waals surface area contributed by atoms with Gasteiger partial charge in [-0.1, -0.05) is 13.8 Å². The number of sulfonamides is 1. The Kier molecular flexibility index (Phi) is 5.12. The van der Waals surface area contributed by atoms with Gasteiger partial charge >= 0.3 is 0 Å². The smallest absolute Gasteiger partial charge is 0.250 e. The van der Waals surface area contributed by atoms with Crippen LogP contribution in [0.15, 0.2) is 15.7 Å². The molecule has 0 aromatic carbocycles. The van der Waals surface area contributed by atoms with Crippen molar-refractivity contribution < 1.29 is 8.42 Å². The van der Waals surface area contributed by atoms with Crippen molar-refractivity contribution in [3.8, 4) is 0 Å². The molecule has 6 heteroatoms. The van der Waals surface area contributed by atoms with Gasteiger partial charge in [-0.15, -0.1) is 11.3 Å². The predicted octanol–water partition coefficient (Wildman–Crippen LogP) is 1.92. The monoisotopic (exact) mass is 276 g/mol. The molecule has 0 fully saturated rings. The zero-order valence-corrected chi connectivity index (χ0v) is 12.1. The van der Waals surface area contributed by atoms with Crippen molar-refractivity contribution in [1.82, 2.24) is 4.72 Å². The molecule has 1 rings (SSSR count). The van der Waals surface area contributed by atoms with E-state index in [9.17, 15) is 8.42 Å². The number of hydrogen-bond donors (Lipinski definition) is 2. The fourth-order valence-corrected chi connectivity index (χ4v) is 4.17. The van der Waals surface area contributed by atoms with E-state index in [4.69, 9.17) is 5.73 Å². The second-order valence-corrected chi connectivity index (χ2v) is 7.48. The Bertz CT molecular complexity index is 452. The van der Waals surface area contributed by atoms with Crippen LogP contribution >= 0.6 is 11.3 Å². The maximum absolute atomic E-state index is 12.0. The van der Waals surface area contributed by atoms with Crippen molar-refractivity contribution in [2.24, 2.45) is 11.7 Å². The molecule has 0 spiro atoms. The highest BCUT2D eigenvalue weighted by Gasteiger charge is 2.19. The zero-order chi connectivity index (χ0) is 13.1. The van der Waals surface area contributed by atoms with Gasteiger partial charge in [0.1, 0.15) is 4.21 Å². The van der Waals surface area contributed by atoms with E-state index < -0.39 is 10.0 Å². The van der Waals surface area contributed by atoms with E-state index in [-0.39, 0.29) is 6.04 Å². The Labute approximate surface area is 107 Å². The van der Waals surface area contributed by atoms with Crippen LogP contribution in [0.4, 0.5) is 0 Å². The van der Waals surface area contributed by atoms with Crippen molar-refractivity contribution in [3.63, 3.8) is 0 Å². The van der Waals surface area contributed by atoms with Gasteiger partial charge in [-0.2, -0.15) is 0 Å². The molecular weight excluding hydrogens is 256 g/mol. The average molecular weight is 276 g/mol. The molecule has 0 radical (unpaired) electrons. The normalized spacial score (nSPS) is 14.2. The van der Waals surface area contributed by atoms with Crippen LogP contribution in [0.5, 0.6) is 0 Å². The maximum atomic E-state index is 12.0. The lowest BCUT2D eigenvalue weighted by Gasteiger charge is -2.15. The summed E-state index contributed by atoms with van der Waals surface area (Å²) in [6.45, 7) is 6.40. The van der Waals surface area contributed by atoms with E-state index in [0.717, 1.165) is 12.0 Å². The third-order valence-electron chi connectivity index (χ3n) is 2.31. The van der Waals surface area contributed by atoms with Gasteiger partial charge in [0.2, 0.25) is 10.0 Å². The van der Waals surface area contributed by atoms with E-state index in [2.05, 4.69) is 18.6 Å². The lowest BCUT2D eigenvalue weighted by molar-refractivity contribution is 0.483. The minimum Gasteiger partial charge on any atom is -0.326 e. The highest BCUT2D eigenvalue weighted by atomic mass is 32.2. The van der Waals surface area contributed by atoms with Crippen molar-refractivity contribution >= 4 is 21.4 Å². The number of hydrogen-bond acceptors (Lipinski definition) is 4. The Morgan fingerprint density at radius 3 is 2.53 bits per heavy atom. The summed E-state index contributed by atoms with van der Waals surface area (Å²) in [5.74, 6) is 0.468. The van der Waals surface area contributed by atoms with Crippen LogP contribution in [0.1, 0.15) is 32.8 Å². The Morgan fingerprint density at radius 2 is 2.06 bits per heavy atom. The SMILES string of the molecule is CC(C)CC(C)NS(=O)(=O)c1cc(CN)cs1. The summed E-state index contributed by atoms with van der Waals surface area (Å²) in [5.41, 5.74) is 6.32. The number of nitrogens with one attached hydrogen (secondary N) is 1. The molecule has 1 heterocycles. The Morgan fingerprint density at radius 1 is 1.41 bits per heavy atom. The van der Waals surface area contributed by atoms with Gasteiger partial charge in [0.05, 0.1) is 0 Å². The van der Waals surface area contributed by atoms with E-state index in [1.165, 1.54) is 11.3 Å². The lowest BCUT2D eigenvalue weighted by atomic mass is 10.1. The highest BCUT2D eigenvalue weighted by molar-refractivity contribution is 7.91. The summed E-state index contributed by atoms with van der Waals surface area (Å²) in [5, 5.41) is 1.78. The summed E-state index contributed by atoms with van der Waals surface area (Å²) < 4.78 is 27.0. The van der Waals surface area contributed by atoms with Crippen molar-refractivity contribution in [2.75, 3.05) is 0 Å². The minimum absolute atomic E-state index is 0.0524.